The molecule has 0 radical (unpaired) electrons. The second kappa shape index (κ2) is 9.77. The van der Waals surface area contributed by atoms with E-state index in [1.54, 1.807) is 24.3 Å². The Morgan fingerprint density at radius 1 is 0.857 bits per heavy atom. The Morgan fingerprint density at radius 2 is 1.37 bits per heavy atom. The first-order valence-corrected chi connectivity index (χ1v) is 12.4. The van der Waals surface area contributed by atoms with Crippen molar-refractivity contribution in [1.82, 2.24) is 25.8 Å². The zero-order chi connectivity index (χ0) is 24.5. The minimum atomic E-state index is -0.322. The zero-order valence-electron chi connectivity index (χ0n) is 19.4. The Bertz CT molecular complexity index is 1240. The van der Waals surface area contributed by atoms with Crippen LogP contribution in [0.4, 0.5) is 0 Å². The van der Waals surface area contributed by atoms with Crippen molar-refractivity contribution in [3.05, 3.63) is 80.8 Å². The molecule has 35 heavy (non-hydrogen) atoms. The maximum absolute atomic E-state index is 12.8. The first-order chi connectivity index (χ1) is 16.9. The topological polar surface area (TPSA) is 93.8 Å². The predicted molar refractivity (Wildman–Crippen MR) is 137 cm³/mol. The maximum Gasteiger partial charge on any atom is 0.258 e. The van der Waals surface area contributed by atoms with E-state index in [0.29, 0.717) is 40.2 Å². The molecule has 3 amide bonds. The van der Waals surface area contributed by atoms with Gasteiger partial charge in [-0.15, -0.1) is 0 Å². The number of amides is 3. The van der Waals surface area contributed by atoms with Crippen molar-refractivity contribution in [1.29, 1.82) is 0 Å². The highest BCUT2D eigenvalue weighted by atomic mass is 79.9. The number of likely N-dealkylation sites (N-methyl/N-ethyl adjacent to an activating group) is 1. The fourth-order valence-corrected chi connectivity index (χ4v) is 4.78. The van der Waals surface area contributed by atoms with Crippen molar-refractivity contribution in [2.75, 3.05) is 46.3 Å². The molecule has 0 aliphatic carbocycles. The molecule has 0 saturated carbocycles. The molecule has 8 nitrogen and oxygen atoms in total. The molecule has 0 unspecified atom stereocenters. The quantitative estimate of drug-likeness (QED) is 0.524. The summed E-state index contributed by atoms with van der Waals surface area (Å²) >= 11 is 3.40. The van der Waals surface area contributed by atoms with E-state index in [2.05, 4.69) is 48.7 Å². The molecule has 1 fully saturated rings. The van der Waals surface area contributed by atoms with Gasteiger partial charge in [-0.3, -0.25) is 19.3 Å². The lowest BCUT2D eigenvalue weighted by Crippen LogP contribution is -2.46. The normalized spacial score (nSPS) is 18.6. The zero-order valence-corrected chi connectivity index (χ0v) is 20.9. The fraction of sp³-hybridized carbons (Fsp3) is 0.269. The van der Waals surface area contributed by atoms with Gasteiger partial charge in [-0.2, -0.15) is 0 Å². The third-order valence-corrected chi connectivity index (χ3v) is 7.09. The molecule has 3 aliphatic heterocycles. The van der Waals surface area contributed by atoms with E-state index in [1.165, 1.54) is 0 Å². The average Bonchev–Trinajstić information content (AvgIpc) is 3.39. The van der Waals surface area contributed by atoms with Gasteiger partial charge in [-0.05, 0) is 42.4 Å². The van der Waals surface area contributed by atoms with Gasteiger partial charge in [-0.1, -0.05) is 40.2 Å². The summed E-state index contributed by atoms with van der Waals surface area (Å²) in [5, 5.41) is 8.65. The number of nitrogens with zero attached hydrogens (tertiary/aromatic N) is 2. The van der Waals surface area contributed by atoms with Gasteiger partial charge in [-0.25, -0.2) is 0 Å². The van der Waals surface area contributed by atoms with Crippen LogP contribution in [0.15, 0.2) is 64.1 Å². The molecule has 0 atom stereocenters. The Labute approximate surface area is 212 Å². The number of carbonyl (C=O) groups excluding carboxylic acids is 3. The largest absolute Gasteiger partial charge is 0.351 e. The minimum absolute atomic E-state index is 0.143. The number of carbonyl (C=O) groups is 3. The molecular weight excluding hydrogens is 510 g/mol. The van der Waals surface area contributed by atoms with E-state index in [0.717, 1.165) is 42.8 Å². The number of fused-ring (bicyclic) bond motifs is 1. The summed E-state index contributed by atoms with van der Waals surface area (Å²) in [6.07, 6.45) is 0. The van der Waals surface area contributed by atoms with E-state index in [1.807, 2.05) is 24.3 Å². The maximum atomic E-state index is 12.8. The number of piperazine rings is 1. The van der Waals surface area contributed by atoms with Crippen molar-refractivity contribution >= 4 is 45.0 Å². The SMILES string of the molecule is CN1CCN(CCNC(=O)c2ccc(C3=C4C(=O)NC(c5ccc(Br)cc5)=C4C(=O)N3)cc2)CC1. The van der Waals surface area contributed by atoms with E-state index >= 15 is 0 Å². The van der Waals surface area contributed by atoms with E-state index in [-0.39, 0.29) is 17.7 Å². The van der Waals surface area contributed by atoms with Crippen molar-refractivity contribution in [2.24, 2.45) is 0 Å². The third kappa shape index (κ3) is 4.80. The molecule has 2 aromatic rings. The van der Waals surface area contributed by atoms with Crippen LogP contribution in [0.2, 0.25) is 0 Å². The Morgan fingerprint density at radius 3 is 1.91 bits per heavy atom. The molecule has 3 N–H and O–H groups in total. The van der Waals surface area contributed by atoms with E-state index in [4.69, 9.17) is 0 Å². The van der Waals surface area contributed by atoms with Gasteiger partial charge >= 0.3 is 0 Å². The minimum Gasteiger partial charge on any atom is -0.351 e. The van der Waals surface area contributed by atoms with Crippen molar-refractivity contribution in [3.63, 3.8) is 0 Å². The first kappa shape index (κ1) is 23.5. The van der Waals surface area contributed by atoms with Gasteiger partial charge < -0.3 is 20.9 Å². The summed E-state index contributed by atoms with van der Waals surface area (Å²) in [6, 6.07) is 14.3. The Hall–Kier alpha value is -3.27. The average molecular weight is 536 g/mol. The molecule has 3 heterocycles. The summed E-state index contributed by atoms with van der Waals surface area (Å²) in [6.45, 7) is 5.52. The van der Waals surface area contributed by atoms with Crippen LogP contribution in [-0.2, 0) is 9.59 Å². The Kier molecular flexibility index (Phi) is 6.55. The molecule has 0 aromatic heterocycles. The Balaban J connectivity index is 1.29. The summed E-state index contributed by atoms with van der Waals surface area (Å²) in [5.41, 5.74) is 3.59. The van der Waals surface area contributed by atoms with Crippen LogP contribution in [0, 0.1) is 0 Å². The summed E-state index contributed by atoms with van der Waals surface area (Å²) < 4.78 is 0.909. The number of halogens is 1. The smallest absolute Gasteiger partial charge is 0.258 e. The summed E-state index contributed by atoms with van der Waals surface area (Å²) in [5.74, 6) is -0.788. The van der Waals surface area contributed by atoms with Gasteiger partial charge in [0.15, 0.2) is 0 Å². The van der Waals surface area contributed by atoms with Gasteiger partial charge in [0, 0.05) is 49.3 Å². The number of benzene rings is 2. The fourth-order valence-electron chi connectivity index (χ4n) is 4.52. The summed E-state index contributed by atoms with van der Waals surface area (Å²) in [7, 11) is 2.12. The standard InChI is InChI=1S/C26H26BrN5O3/c1-31-12-14-32(15-13-31)11-10-28-24(33)18-4-2-16(3-5-18)22-20-21(26(35)29-22)23(30-25(20)34)17-6-8-19(27)9-7-17/h2-9H,10-15H2,1H3,(H,28,33)(H,29,35)(H,30,34). The van der Waals surface area contributed by atoms with Crippen LogP contribution >= 0.6 is 15.9 Å². The number of hydrogen-bond donors (Lipinski definition) is 3. The third-order valence-electron chi connectivity index (χ3n) is 6.56. The van der Waals surface area contributed by atoms with Crippen LogP contribution < -0.4 is 16.0 Å². The lowest BCUT2D eigenvalue weighted by molar-refractivity contribution is -0.117. The highest BCUT2D eigenvalue weighted by molar-refractivity contribution is 9.10. The first-order valence-electron chi connectivity index (χ1n) is 11.6. The molecule has 1 saturated heterocycles. The second-order valence-corrected chi connectivity index (χ2v) is 9.81. The predicted octanol–water partition coefficient (Wildman–Crippen LogP) is 1.81. The molecule has 9 heteroatoms. The monoisotopic (exact) mass is 535 g/mol. The second-order valence-electron chi connectivity index (χ2n) is 8.89. The highest BCUT2D eigenvalue weighted by Gasteiger charge is 2.40. The van der Waals surface area contributed by atoms with E-state index in [9.17, 15) is 14.4 Å². The lowest BCUT2D eigenvalue weighted by Gasteiger charge is -2.32. The van der Waals surface area contributed by atoms with E-state index < -0.39 is 0 Å². The molecule has 180 valence electrons. The molecule has 5 rings (SSSR count). The van der Waals surface area contributed by atoms with Crippen LogP contribution in [0.1, 0.15) is 21.5 Å². The number of hydrogen-bond acceptors (Lipinski definition) is 5. The summed E-state index contributed by atoms with van der Waals surface area (Å²) in [4.78, 5) is 42.8. The molecule has 0 spiro atoms. The molecule has 2 aromatic carbocycles. The van der Waals surface area contributed by atoms with Crippen molar-refractivity contribution in [3.8, 4) is 0 Å². The van der Waals surface area contributed by atoms with Gasteiger partial charge in [0.1, 0.15) is 0 Å². The highest BCUT2D eigenvalue weighted by Crippen LogP contribution is 2.37. The molecule has 3 aliphatic rings. The number of rotatable bonds is 6. The van der Waals surface area contributed by atoms with Gasteiger partial charge in [0.05, 0.1) is 22.5 Å². The van der Waals surface area contributed by atoms with Crippen LogP contribution in [-0.4, -0.2) is 73.8 Å². The van der Waals surface area contributed by atoms with Crippen molar-refractivity contribution < 1.29 is 14.4 Å². The van der Waals surface area contributed by atoms with Crippen LogP contribution in [0.25, 0.3) is 11.4 Å². The van der Waals surface area contributed by atoms with Crippen molar-refractivity contribution in [2.45, 2.75) is 0 Å². The molecule has 0 bridgehead atoms. The number of nitrogens with one attached hydrogen (secondary N) is 3. The lowest BCUT2D eigenvalue weighted by atomic mass is 10.0. The van der Waals surface area contributed by atoms with Gasteiger partial charge in [0.25, 0.3) is 17.7 Å². The van der Waals surface area contributed by atoms with Crippen LogP contribution in [0.5, 0.6) is 0 Å². The van der Waals surface area contributed by atoms with Crippen LogP contribution in [0.3, 0.4) is 0 Å². The van der Waals surface area contributed by atoms with Gasteiger partial charge in [0.2, 0.25) is 0 Å². The molecular formula is C26H26BrN5O3.